The van der Waals surface area contributed by atoms with Gasteiger partial charge in [0.15, 0.2) is 0 Å². The molecule has 78 valence electrons. The highest BCUT2D eigenvalue weighted by Gasteiger charge is 2.14. The van der Waals surface area contributed by atoms with Crippen molar-refractivity contribution in [1.29, 1.82) is 0 Å². The molecular formula is C10H17N3S. The van der Waals surface area contributed by atoms with E-state index in [4.69, 9.17) is 0 Å². The molecule has 1 aliphatic heterocycles. The molecule has 2 heterocycles. The van der Waals surface area contributed by atoms with Crippen molar-refractivity contribution in [3.05, 3.63) is 18.2 Å². The number of aromatic nitrogens is 2. The summed E-state index contributed by atoms with van der Waals surface area (Å²) in [6.07, 6.45) is 6.08. The zero-order chi connectivity index (χ0) is 9.64. The summed E-state index contributed by atoms with van der Waals surface area (Å²) in [5.74, 6) is 3.60. The molecule has 3 nitrogen and oxygen atoms in total. The van der Waals surface area contributed by atoms with Crippen LogP contribution >= 0.6 is 11.8 Å². The van der Waals surface area contributed by atoms with Gasteiger partial charge in [0, 0.05) is 24.9 Å². The van der Waals surface area contributed by atoms with Gasteiger partial charge in [-0.2, -0.15) is 11.8 Å². The summed E-state index contributed by atoms with van der Waals surface area (Å²) in [4.78, 5) is 7.10. The van der Waals surface area contributed by atoms with Crippen LogP contribution in [0.1, 0.15) is 12.1 Å². The van der Waals surface area contributed by atoms with Gasteiger partial charge in [-0.15, -0.1) is 0 Å². The quantitative estimate of drug-likeness (QED) is 0.721. The van der Waals surface area contributed by atoms with E-state index in [1.54, 1.807) is 6.33 Å². The maximum atomic E-state index is 3.99. The number of hydrogen-bond acceptors (Lipinski definition) is 3. The fraction of sp³-hybridized carbons (Fsp3) is 0.700. The van der Waals surface area contributed by atoms with Gasteiger partial charge >= 0.3 is 0 Å². The van der Waals surface area contributed by atoms with Crippen LogP contribution in [0.5, 0.6) is 0 Å². The van der Waals surface area contributed by atoms with Gasteiger partial charge in [-0.25, -0.2) is 4.98 Å². The molecule has 1 saturated heterocycles. The standard InChI is InChI=1S/C10H17N3S/c1(10-6-12-8-13-10)3-11-5-9-2-4-14-7-9/h6,8-9,11H,1-5,7H2,(H,12,13). The lowest BCUT2D eigenvalue weighted by molar-refractivity contribution is 0.524. The van der Waals surface area contributed by atoms with Gasteiger partial charge < -0.3 is 10.3 Å². The zero-order valence-corrected chi connectivity index (χ0v) is 9.15. The second-order valence-electron chi connectivity index (χ2n) is 3.76. The van der Waals surface area contributed by atoms with E-state index < -0.39 is 0 Å². The highest BCUT2D eigenvalue weighted by Crippen LogP contribution is 2.22. The first-order valence-corrected chi connectivity index (χ1v) is 6.36. The first-order chi connectivity index (χ1) is 6.95. The molecule has 0 amide bonds. The fourth-order valence-corrected chi connectivity index (χ4v) is 2.98. The number of H-pyrrole nitrogens is 1. The average molecular weight is 211 g/mol. The number of imidazole rings is 1. The Balaban J connectivity index is 1.55. The number of aromatic amines is 1. The Bertz CT molecular complexity index is 242. The van der Waals surface area contributed by atoms with Crippen molar-refractivity contribution in [1.82, 2.24) is 15.3 Å². The summed E-state index contributed by atoms with van der Waals surface area (Å²) in [5, 5.41) is 3.50. The maximum Gasteiger partial charge on any atom is 0.0921 e. The largest absolute Gasteiger partial charge is 0.348 e. The number of nitrogens with zero attached hydrogens (tertiary/aromatic N) is 1. The minimum absolute atomic E-state index is 0.904. The highest BCUT2D eigenvalue weighted by atomic mass is 32.2. The van der Waals surface area contributed by atoms with Crippen LogP contribution in [0.3, 0.4) is 0 Å². The molecule has 1 aromatic rings. The van der Waals surface area contributed by atoms with Gasteiger partial charge in [0.2, 0.25) is 0 Å². The van der Waals surface area contributed by atoms with Crippen LogP contribution in [-0.4, -0.2) is 34.6 Å². The Hall–Kier alpha value is -0.480. The second kappa shape index (κ2) is 5.41. The lowest BCUT2D eigenvalue weighted by Crippen LogP contribution is -2.24. The predicted molar refractivity (Wildman–Crippen MR) is 60.6 cm³/mol. The summed E-state index contributed by atoms with van der Waals surface area (Å²) in [5.41, 5.74) is 1.22. The predicted octanol–water partition coefficient (Wildman–Crippen LogP) is 1.29. The molecule has 2 rings (SSSR count). The number of nitrogens with one attached hydrogen (secondary N) is 2. The van der Waals surface area contributed by atoms with Crippen LogP contribution in [0.2, 0.25) is 0 Å². The maximum absolute atomic E-state index is 3.99. The van der Waals surface area contributed by atoms with E-state index >= 15 is 0 Å². The Kier molecular flexibility index (Phi) is 3.89. The van der Waals surface area contributed by atoms with Gasteiger partial charge in [0.05, 0.1) is 6.33 Å². The topological polar surface area (TPSA) is 40.7 Å². The summed E-state index contributed by atoms with van der Waals surface area (Å²) >= 11 is 2.08. The summed E-state index contributed by atoms with van der Waals surface area (Å²) in [6.45, 7) is 2.24. The normalized spacial score (nSPS) is 21.6. The lowest BCUT2D eigenvalue weighted by Gasteiger charge is -2.08. The van der Waals surface area contributed by atoms with E-state index in [1.165, 1.54) is 30.2 Å². The molecule has 14 heavy (non-hydrogen) atoms. The van der Waals surface area contributed by atoms with Crippen molar-refractivity contribution in [3.8, 4) is 0 Å². The number of hydrogen-bond donors (Lipinski definition) is 2. The molecule has 4 heteroatoms. The molecule has 1 atom stereocenters. The molecule has 1 fully saturated rings. The Morgan fingerprint density at radius 1 is 1.64 bits per heavy atom. The van der Waals surface area contributed by atoms with Crippen LogP contribution in [0, 0.1) is 5.92 Å². The number of thioether (sulfide) groups is 1. The molecule has 0 spiro atoms. The minimum atomic E-state index is 0.904. The third-order valence-corrected chi connectivity index (χ3v) is 3.81. The van der Waals surface area contributed by atoms with E-state index in [0.717, 1.165) is 18.9 Å². The molecule has 0 aromatic carbocycles. The highest BCUT2D eigenvalue weighted by molar-refractivity contribution is 7.99. The van der Waals surface area contributed by atoms with Gasteiger partial charge in [0.25, 0.3) is 0 Å². The Morgan fingerprint density at radius 3 is 3.36 bits per heavy atom. The molecule has 0 aliphatic carbocycles. The van der Waals surface area contributed by atoms with E-state index in [9.17, 15) is 0 Å². The van der Waals surface area contributed by atoms with Crippen LogP contribution in [0.4, 0.5) is 0 Å². The molecule has 0 radical (unpaired) electrons. The van der Waals surface area contributed by atoms with E-state index in [-0.39, 0.29) is 0 Å². The van der Waals surface area contributed by atoms with Crippen molar-refractivity contribution < 1.29 is 0 Å². The van der Waals surface area contributed by atoms with Crippen molar-refractivity contribution in [3.63, 3.8) is 0 Å². The first kappa shape index (κ1) is 10.1. The minimum Gasteiger partial charge on any atom is -0.348 e. The van der Waals surface area contributed by atoms with Crippen LogP contribution in [0.25, 0.3) is 0 Å². The Labute approximate surface area is 89.1 Å². The Morgan fingerprint density at radius 2 is 2.64 bits per heavy atom. The fourth-order valence-electron chi connectivity index (χ4n) is 1.69. The van der Waals surface area contributed by atoms with Crippen LogP contribution < -0.4 is 5.32 Å². The monoisotopic (exact) mass is 211 g/mol. The molecular weight excluding hydrogens is 194 g/mol. The van der Waals surface area contributed by atoms with Crippen molar-refractivity contribution in [2.45, 2.75) is 12.8 Å². The van der Waals surface area contributed by atoms with E-state index in [0.29, 0.717) is 0 Å². The average Bonchev–Trinajstić information content (AvgIpc) is 2.86. The molecule has 0 bridgehead atoms. The molecule has 1 aromatic heterocycles. The van der Waals surface area contributed by atoms with Gasteiger partial charge in [0.1, 0.15) is 0 Å². The van der Waals surface area contributed by atoms with E-state index in [2.05, 4.69) is 27.0 Å². The van der Waals surface area contributed by atoms with Crippen molar-refractivity contribution >= 4 is 11.8 Å². The van der Waals surface area contributed by atoms with Crippen LogP contribution in [0.15, 0.2) is 12.5 Å². The van der Waals surface area contributed by atoms with Crippen molar-refractivity contribution in [2.24, 2.45) is 5.92 Å². The smallest absolute Gasteiger partial charge is 0.0921 e. The first-order valence-electron chi connectivity index (χ1n) is 5.21. The van der Waals surface area contributed by atoms with Crippen LogP contribution in [-0.2, 0) is 6.42 Å². The molecule has 2 N–H and O–H groups in total. The summed E-state index contributed by atoms with van der Waals surface area (Å²) in [7, 11) is 0. The molecule has 1 unspecified atom stereocenters. The third-order valence-electron chi connectivity index (χ3n) is 2.58. The van der Waals surface area contributed by atoms with Gasteiger partial charge in [-0.3, -0.25) is 0 Å². The van der Waals surface area contributed by atoms with Crippen molar-refractivity contribution in [2.75, 3.05) is 24.6 Å². The lowest BCUT2D eigenvalue weighted by atomic mass is 10.1. The van der Waals surface area contributed by atoms with Gasteiger partial charge in [-0.05, 0) is 30.4 Å². The SMILES string of the molecule is c1ncc(CCNCC2CCSC2)[nH]1. The summed E-state index contributed by atoms with van der Waals surface area (Å²) in [6, 6.07) is 0. The molecule has 0 saturated carbocycles. The number of rotatable bonds is 5. The third kappa shape index (κ3) is 3.03. The van der Waals surface area contributed by atoms with Gasteiger partial charge in [-0.1, -0.05) is 0 Å². The second-order valence-corrected chi connectivity index (χ2v) is 4.91. The van der Waals surface area contributed by atoms with E-state index in [1.807, 2.05) is 6.20 Å². The molecule has 1 aliphatic rings. The summed E-state index contributed by atoms with van der Waals surface area (Å²) < 4.78 is 0. The zero-order valence-electron chi connectivity index (χ0n) is 8.33.